The highest BCUT2D eigenvalue weighted by Gasteiger charge is 2.44. The zero-order valence-corrected chi connectivity index (χ0v) is 23.6. The van der Waals surface area contributed by atoms with Crippen LogP contribution in [0.15, 0.2) is 143 Å². The van der Waals surface area contributed by atoms with E-state index in [1.807, 2.05) is 110 Å². The predicted molar refractivity (Wildman–Crippen MR) is 165 cm³/mol. The minimum Gasteiger partial charge on any atom is -0.252 e. The molecule has 0 saturated carbocycles. The van der Waals surface area contributed by atoms with Gasteiger partial charge in [0.1, 0.15) is 12.1 Å². The molecular weight excluding hydrogens is 538 g/mol. The summed E-state index contributed by atoms with van der Waals surface area (Å²) < 4.78 is 30.8. The van der Waals surface area contributed by atoms with Crippen molar-refractivity contribution in [2.24, 2.45) is 0 Å². The first-order valence-corrected chi connectivity index (χ1v) is 14.9. The number of fused-ring (bicyclic) bond motifs is 1. The van der Waals surface area contributed by atoms with Gasteiger partial charge in [-0.05, 0) is 47.0 Å². The first kappa shape index (κ1) is 26.8. The van der Waals surface area contributed by atoms with Crippen LogP contribution in [-0.4, -0.2) is 12.7 Å². The van der Waals surface area contributed by atoms with Crippen molar-refractivity contribution in [2.75, 3.05) is 0 Å². The third kappa shape index (κ3) is 4.55. The maximum absolute atomic E-state index is 14.7. The molecule has 1 aliphatic heterocycles. The van der Waals surface area contributed by atoms with E-state index in [9.17, 15) is 18.9 Å². The summed E-state index contributed by atoms with van der Waals surface area (Å²) in [4.78, 5) is 0.0741. The summed E-state index contributed by atoms with van der Waals surface area (Å²) in [5.41, 5.74) is 3.72. The van der Waals surface area contributed by atoms with Crippen molar-refractivity contribution >= 4 is 32.1 Å². The van der Waals surface area contributed by atoms with Crippen LogP contribution in [-0.2, 0) is 10.0 Å². The Kier molecular flexibility index (Phi) is 6.92. The second-order valence-electron chi connectivity index (χ2n) is 10.1. The molecule has 0 amide bonds. The molecule has 1 aliphatic rings. The molecule has 5 aromatic carbocycles. The normalized spacial score (nSPS) is 15.4. The lowest BCUT2D eigenvalue weighted by Gasteiger charge is -2.39. The number of rotatable bonds is 5. The molecule has 5 nitrogen and oxygen atoms in total. The lowest BCUT2D eigenvalue weighted by Crippen LogP contribution is -2.38. The molecule has 0 radical (unpaired) electrons. The van der Waals surface area contributed by atoms with E-state index in [0.29, 0.717) is 22.3 Å². The summed E-state index contributed by atoms with van der Waals surface area (Å²) in [5, 5.41) is 23.3. The zero-order valence-electron chi connectivity index (χ0n) is 22.8. The van der Waals surface area contributed by atoms with E-state index in [4.69, 9.17) is 0 Å². The number of allylic oxidation sites excluding steroid dienone is 2. The maximum Gasteiger partial charge on any atom is 0.265 e. The van der Waals surface area contributed by atoms with Gasteiger partial charge in [0.15, 0.2) is 0 Å². The van der Waals surface area contributed by atoms with Gasteiger partial charge in [0.05, 0.1) is 27.8 Å². The van der Waals surface area contributed by atoms with Gasteiger partial charge in [-0.3, -0.25) is 4.31 Å². The quantitative estimate of drug-likeness (QED) is 0.218. The molecule has 6 heteroatoms. The molecule has 0 N–H and O–H groups in total. The van der Waals surface area contributed by atoms with E-state index in [2.05, 4.69) is 12.1 Å². The van der Waals surface area contributed by atoms with Gasteiger partial charge in [0, 0.05) is 11.1 Å². The fourth-order valence-electron chi connectivity index (χ4n) is 5.51. The van der Waals surface area contributed by atoms with Gasteiger partial charge in [0.25, 0.3) is 10.0 Å². The van der Waals surface area contributed by atoms with Crippen LogP contribution >= 0.6 is 0 Å². The lowest BCUT2D eigenvalue weighted by atomic mass is 9.82. The van der Waals surface area contributed by atoms with Crippen LogP contribution in [0.1, 0.15) is 28.3 Å². The highest BCUT2D eigenvalue weighted by atomic mass is 32.2. The second kappa shape index (κ2) is 10.9. The molecule has 0 aromatic heterocycles. The molecule has 0 fully saturated rings. The summed E-state index contributed by atoms with van der Waals surface area (Å²) >= 11 is 0. The number of nitriles is 2. The third-order valence-corrected chi connectivity index (χ3v) is 9.27. The Morgan fingerprint density at radius 1 is 0.667 bits per heavy atom. The van der Waals surface area contributed by atoms with Gasteiger partial charge in [-0.25, -0.2) is 8.42 Å². The number of benzene rings is 5. The van der Waals surface area contributed by atoms with Crippen LogP contribution < -0.4 is 0 Å². The fraction of sp³-hybridized carbons (Fsp3) is 0.0556. The molecule has 5 aromatic rings. The maximum atomic E-state index is 14.7. The summed E-state index contributed by atoms with van der Waals surface area (Å²) in [6.07, 6.45) is 0. The average Bonchev–Trinajstić information content (AvgIpc) is 3.04. The smallest absolute Gasteiger partial charge is 0.252 e. The topological polar surface area (TPSA) is 85.0 Å². The van der Waals surface area contributed by atoms with E-state index in [0.717, 1.165) is 16.3 Å². The number of hydrogen-bond acceptors (Lipinski definition) is 4. The molecule has 6 rings (SSSR count). The van der Waals surface area contributed by atoms with E-state index < -0.39 is 16.1 Å². The van der Waals surface area contributed by atoms with Crippen LogP contribution in [0.2, 0.25) is 0 Å². The Bertz CT molecular complexity index is 2070. The molecule has 1 unspecified atom stereocenters. The Balaban J connectivity index is 1.77. The monoisotopic (exact) mass is 563 g/mol. The molecule has 42 heavy (non-hydrogen) atoms. The van der Waals surface area contributed by atoms with E-state index in [1.54, 1.807) is 24.3 Å². The fourth-order valence-corrected chi connectivity index (χ4v) is 7.15. The van der Waals surface area contributed by atoms with Crippen LogP contribution in [0.4, 0.5) is 0 Å². The standard InChI is InChI=1S/C36H25N3O2S/c1-25-16-20-31(21-17-25)42(40,41)39-35(28-13-6-3-7-14-28)32(23-37)34(27-11-4-2-5-12-27)33(24-38)36(39)30-19-18-26-10-8-9-15-29(26)22-30/h2-22,35H,1H3. The zero-order chi connectivity index (χ0) is 29.3. The van der Waals surface area contributed by atoms with Gasteiger partial charge in [-0.1, -0.05) is 115 Å². The van der Waals surface area contributed by atoms with Crippen molar-refractivity contribution in [1.82, 2.24) is 4.31 Å². The molecule has 0 bridgehead atoms. The van der Waals surface area contributed by atoms with Crippen molar-refractivity contribution in [3.8, 4) is 12.1 Å². The summed E-state index contributed by atoms with van der Waals surface area (Å²) in [7, 11) is -4.28. The first-order valence-electron chi connectivity index (χ1n) is 13.4. The number of aryl methyl sites for hydroxylation is 1. The Labute approximate surface area is 245 Å². The molecule has 1 atom stereocenters. The van der Waals surface area contributed by atoms with Crippen LogP contribution in [0.3, 0.4) is 0 Å². The van der Waals surface area contributed by atoms with Crippen molar-refractivity contribution in [1.29, 1.82) is 10.5 Å². The molecule has 0 saturated heterocycles. The molecular formula is C36H25N3O2S. The van der Waals surface area contributed by atoms with Crippen LogP contribution in [0.5, 0.6) is 0 Å². The molecule has 0 spiro atoms. The van der Waals surface area contributed by atoms with E-state index in [-0.39, 0.29) is 21.7 Å². The van der Waals surface area contributed by atoms with Crippen molar-refractivity contribution in [2.45, 2.75) is 17.9 Å². The van der Waals surface area contributed by atoms with Crippen molar-refractivity contribution in [3.05, 3.63) is 161 Å². The number of sulfonamides is 1. The third-order valence-electron chi connectivity index (χ3n) is 7.50. The molecule has 1 heterocycles. The van der Waals surface area contributed by atoms with E-state index in [1.165, 1.54) is 4.31 Å². The van der Waals surface area contributed by atoms with Gasteiger partial charge in [-0.15, -0.1) is 0 Å². The van der Waals surface area contributed by atoms with E-state index >= 15 is 0 Å². The highest BCUT2D eigenvalue weighted by molar-refractivity contribution is 7.89. The Morgan fingerprint density at radius 2 is 1.29 bits per heavy atom. The predicted octanol–water partition coefficient (Wildman–Crippen LogP) is 7.81. The molecule has 0 aliphatic carbocycles. The van der Waals surface area contributed by atoms with Crippen LogP contribution in [0.25, 0.3) is 22.0 Å². The SMILES string of the molecule is Cc1ccc(S(=O)(=O)N2C(c3ccc4ccccc4c3)=C(C#N)C(c3ccccc3)=C(C#N)C2c2ccccc2)cc1. The van der Waals surface area contributed by atoms with Gasteiger partial charge in [-0.2, -0.15) is 10.5 Å². The van der Waals surface area contributed by atoms with Crippen molar-refractivity contribution in [3.63, 3.8) is 0 Å². The Hall–Kier alpha value is -5.43. The van der Waals surface area contributed by atoms with Crippen molar-refractivity contribution < 1.29 is 8.42 Å². The largest absolute Gasteiger partial charge is 0.265 e. The average molecular weight is 564 g/mol. The second-order valence-corrected chi connectivity index (χ2v) is 11.9. The highest BCUT2D eigenvalue weighted by Crippen LogP contribution is 2.50. The number of hydrogen-bond donors (Lipinski definition) is 0. The molecule has 202 valence electrons. The Morgan fingerprint density at radius 3 is 1.93 bits per heavy atom. The van der Waals surface area contributed by atoms with Gasteiger partial charge in [0.2, 0.25) is 0 Å². The van der Waals surface area contributed by atoms with Crippen LogP contribution in [0, 0.1) is 29.6 Å². The summed E-state index contributed by atoms with van der Waals surface area (Å²) in [6, 6.07) is 42.1. The summed E-state index contributed by atoms with van der Waals surface area (Å²) in [5.74, 6) is 0. The number of nitrogens with zero attached hydrogens (tertiary/aromatic N) is 3. The summed E-state index contributed by atoms with van der Waals surface area (Å²) in [6.45, 7) is 1.89. The minimum atomic E-state index is -4.28. The minimum absolute atomic E-state index is 0.0741. The lowest BCUT2D eigenvalue weighted by molar-refractivity contribution is 0.461. The van der Waals surface area contributed by atoms with Gasteiger partial charge < -0.3 is 0 Å². The van der Waals surface area contributed by atoms with Gasteiger partial charge >= 0.3 is 0 Å². The first-order chi connectivity index (χ1) is 20.4.